The fourth-order valence-electron chi connectivity index (χ4n) is 3.29. The van der Waals surface area contributed by atoms with Crippen molar-refractivity contribution in [3.05, 3.63) is 50.7 Å². The Morgan fingerprint density at radius 3 is 2.55 bits per heavy atom. The molecule has 1 aliphatic carbocycles. The van der Waals surface area contributed by atoms with E-state index in [1.165, 1.54) is 24.7 Å². The summed E-state index contributed by atoms with van der Waals surface area (Å²) >= 11 is 7.53. The van der Waals surface area contributed by atoms with E-state index in [0.29, 0.717) is 27.7 Å². The average Bonchev–Trinajstić information content (AvgIpc) is 3.18. The Morgan fingerprint density at radius 2 is 1.83 bits per heavy atom. The number of halogens is 1. The smallest absolute Gasteiger partial charge is 0.265 e. The Bertz CT molecular complexity index is 906. The highest BCUT2D eigenvalue weighted by molar-refractivity contribution is 7.14. The molecule has 1 aliphatic rings. The molecule has 8 heteroatoms. The summed E-state index contributed by atoms with van der Waals surface area (Å²) < 4.78 is 0. The van der Waals surface area contributed by atoms with E-state index in [1.807, 2.05) is 0 Å². The molecular formula is C21H24ClN3O3S. The Labute approximate surface area is 179 Å². The van der Waals surface area contributed by atoms with Crippen LogP contribution >= 0.6 is 22.9 Å². The minimum Gasteiger partial charge on any atom is -0.351 e. The molecule has 3 amide bonds. The average molecular weight is 434 g/mol. The van der Waals surface area contributed by atoms with Crippen LogP contribution in [-0.2, 0) is 11.3 Å². The largest absolute Gasteiger partial charge is 0.351 e. The van der Waals surface area contributed by atoms with Gasteiger partial charge in [0, 0.05) is 23.5 Å². The summed E-state index contributed by atoms with van der Waals surface area (Å²) in [6.07, 6.45) is 5.43. The highest BCUT2D eigenvalue weighted by Crippen LogP contribution is 2.24. The van der Waals surface area contributed by atoms with Gasteiger partial charge in [0.05, 0.1) is 22.0 Å². The number of amides is 3. The highest BCUT2D eigenvalue weighted by Gasteiger charge is 2.19. The van der Waals surface area contributed by atoms with Crippen molar-refractivity contribution in [1.29, 1.82) is 0 Å². The summed E-state index contributed by atoms with van der Waals surface area (Å²) in [5.41, 5.74) is 0.859. The van der Waals surface area contributed by atoms with Crippen molar-refractivity contribution in [2.45, 2.75) is 51.6 Å². The molecule has 0 unspecified atom stereocenters. The first kappa shape index (κ1) is 21.3. The standard InChI is InChI=1S/C21H24ClN3O3S/c1-13(26)23-12-16-8-10-19(29-16)21(28)25-15-7-9-18(22)17(11-15)20(27)24-14-5-3-2-4-6-14/h7-11,14H,2-6,12H2,1H3,(H,23,26)(H,24,27)(H,25,28). The first-order chi connectivity index (χ1) is 13.9. The Hall–Kier alpha value is -2.38. The molecule has 3 rings (SSSR count). The van der Waals surface area contributed by atoms with E-state index >= 15 is 0 Å². The molecule has 29 heavy (non-hydrogen) atoms. The summed E-state index contributed by atoms with van der Waals surface area (Å²) in [6, 6.07) is 8.58. The second-order valence-electron chi connectivity index (χ2n) is 7.13. The van der Waals surface area contributed by atoms with Gasteiger partial charge in [-0.2, -0.15) is 0 Å². The lowest BCUT2D eigenvalue weighted by Crippen LogP contribution is -2.36. The molecule has 0 radical (unpaired) electrons. The van der Waals surface area contributed by atoms with Crippen LogP contribution in [0.25, 0.3) is 0 Å². The van der Waals surface area contributed by atoms with Crippen LogP contribution in [0, 0.1) is 0 Å². The fourth-order valence-corrected chi connectivity index (χ4v) is 4.33. The number of anilines is 1. The van der Waals surface area contributed by atoms with Gasteiger partial charge in [0.2, 0.25) is 5.91 Å². The van der Waals surface area contributed by atoms with Crippen molar-refractivity contribution >= 4 is 46.3 Å². The maximum absolute atomic E-state index is 12.6. The zero-order valence-corrected chi connectivity index (χ0v) is 17.8. The van der Waals surface area contributed by atoms with Gasteiger partial charge in [0.25, 0.3) is 11.8 Å². The maximum atomic E-state index is 12.6. The number of carbonyl (C=O) groups excluding carboxylic acids is 3. The van der Waals surface area contributed by atoms with Gasteiger partial charge in [0.15, 0.2) is 0 Å². The van der Waals surface area contributed by atoms with Crippen molar-refractivity contribution in [1.82, 2.24) is 10.6 Å². The molecule has 1 heterocycles. The highest BCUT2D eigenvalue weighted by atomic mass is 35.5. The van der Waals surface area contributed by atoms with Crippen LogP contribution in [-0.4, -0.2) is 23.8 Å². The topological polar surface area (TPSA) is 87.3 Å². The molecule has 0 aliphatic heterocycles. The third kappa shape index (κ3) is 6.05. The number of nitrogens with one attached hydrogen (secondary N) is 3. The van der Waals surface area contributed by atoms with Crippen molar-refractivity contribution in [3.8, 4) is 0 Å². The zero-order chi connectivity index (χ0) is 20.8. The fraction of sp³-hybridized carbons (Fsp3) is 0.381. The third-order valence-electron chi connectivity index (χ3n) is 4.81. The van der Waals surface area contributed by atoms with Gasteiger partial charge in [0.1, 0.15) is 0 Å². The molecule has 0 atom stereocenters. The van der Waals surface area contributed by atoms with Gasteiger partial charge in [-0.1, -0.05) is 30.9 Å². The molecule has 1 saturated carbocycles. The second kappa shape index (κ2) is 9.89. The minimum absolute atomic E-state index is 0.121. The molecule has 0 bridgehead atoms. The molecule has 0 saturated heterocycles. The van der Waals surface area contributed by atoms with E-state index < -0.39 is 0 Å². The van der Waals surface area contributed by atoms with E-state index in [9.17, 15) is 14.4 Å². The normalized spacial score (nSPS) is 14.3. The number of benzene rings is 1. The van der Waals surface area contributed by atoms with Crippen LogP contribution in [0.3, 0.4) is 0 Å². The van der Waals surface area contributed by atoms with Gasteiger partial charge in [-0.05, 0) is 43.2 Å². The van der Waals surface area contributed by atoms with Crippen LogP contribution in [0.2, 0.25) is 5.02 Å². The summed E-state index contributed by atoms with van der Waals surface area (Å²) in [5, 5.41) is 8.91. The van der Waals surface area contributed by atoms with Gasteiger partial charge in [-0.3, -0.25) is 14.4 Å². The molecule has 6 nitrogen and oxygen atoms in total. The maximum Gasteiger partial charge on any atom is 0.265 e. The van der Waals surface area contributed by atoms with E-state index in [0.717, 1.165) is 30.6 Å². The molecule has 0 spiro atoms. The molecule has 3 N–H and O–H groups in total. The van der Waals surface area contributed by atoms with Crippen LogP contribution < -0.4 is 16.0 Å². The summed E-state index contributed by atoms with van der Waals surface area (Å²) in [5.74, 6) is -0.610. The van der Waals surface area contributed by atoms with Crippen LogP contribution in [0.5, 0.6) is 0 Å². The van der Waals surface area contributed by atoms with E-state index in [-0.39, 0.29) is 23.8 Å². The predicted molar refractivity (Wildman–Crippen MR) is 116 cm³/mol. The Morgan fingerprint density at radius 1 is 1.07 bits per heavy atom. The van der Waals surface area contributed by atoms with Gasteiger partial charge >= 0.3 is 0 Å². The lowest BCUT2D eigenvalue weighted by Gasteiger charge is -2.23. The van der Waals surface area contributed by atoms with Crippen LogP contribution in [0.15, 0.2) is 30.3 Å². The quantitative estimate of drug-likeness (QED) is 0.632. The van der Waals surface area contributed by atoms with E-state index in [1.54, 1.807) is 30.3 Å². The van der Waals surface area contributed by atoms with Gasteiger partial charge < -0.3 is 16.0 Å². The van der Waals surface area contributed by atoms with Crippen molar-refractivity contribution < 1.29 is 14.4 Å². The summed E-state index contributed by atoms with van der Waals surface area (Å²) in [4.78, 5) is 37.6. The first-order valence-corrected chi connectivity index (χ1v) is 10.9. The number of hydrogen-bond donors (Lipinski definition) is 3. The zero-order valence-electron chi connectivity index (χ0n) is 16.2. The van der Waals surface area contributed by atoms with Gasteiger partial charge in [-0.25, -0.2) is 0 Å². The molecule has 1 aromatic carbocycles. The second-order valence-corrected chi connectivity index (χ2v) is 8.71. The number of hydrogen-bond acceptors (Lipinski definition) is 4. The molecule has 1 fully saturated rings. The third-order valence-corrected chi connectivity index (χ3v) is 6.22. The first-order valence-electron chi connectivity index (χ1n) is 9.67. The van der Waals surface area contributed by atoms with E-state index in [2.05, 4.69) is 16.0 Å². The number of thiophene rings is 1. The summed E-state index contributed by atoms with van der Waals surface area (Å²) in [7, 11) is 0. The minimum atomic E-state index is -0.273. The van der Waals surface area contributed by atoms with Crippen molar-refractivity contribution in [3.63, 3.8) is 0 Å². The van der Waals surface area contributed by atoms with Gasteiger partial charge in [-0.15, -0.1) is 11.3 Å². The molecule has 1 aromatic heterocycles. The van der Waals surface area contributed by atoms with Crippen molar-refractivity contribution in [2.75, 3.05) is 5.32 Å². The SMILES string of the molecule is CC(=O)NCc1ccc(C(=O)Nc2ccc(Cl)c(C(=O)NC3CCCCC3)c2)s1. The van der Waals surface area contributed by atoms with Crippen molar-refractivity contribution in [2.24, 2.45) is 0 Å². The molecular weight excluding hydrogens is 410 g/mol. The lowest BCUT2D eigenvalue weighted by molar-refractivity contribution is -0.119. The molecule has 2 aromatic rings. The lowest BCUT2D eigenvalue weighted by atomic mass is 9.95. The Kier molecular flexibility index (Phi) is 7.28. The number of rotatable bonds is 6. The number of carbonyl (C=O) groups is 3. The monoisotopic (exact) mass is 433 g/mol. The van der Waals surface area contributed by atoms with Crippen LogP contribution in [0.1, 0.15) is 63.9 Å². The predicted octanol–water partition coefficient (Wildman–Crippen LogP) is 4.35. The molecule has 154 valence electrons. The van der Waals surface area contributed by atoms with E-state index in [4.69, 9.17) is 11.6 Å². The van der Waals surface area contributed by atoms with Crippen LogP contribution in [0.4, 0.5) is 5.69 Å². The summed E-state index contributed by atoms with van der Waals surface area (Å²) in [6.45, 7) is 1.84. The Balaban J connectivity index is 1.65.